The van der Waals surface area contributed by atoms with Crippen LogP contribution in [0.15, 0.2) is 41.2 Å². The van der Waals surface area contributed by atoms with Gasteiger partial charge in [0.15, 0.2) is 0 Å². The second-order valence-corrected chi connectivity index (χ2v) is 13.9. The van der Waals surface area contributed by atoms with Crippen LogP contribution in [-0.4, -0.2) is 63.3 Å². The minimum Gasteiger partial charge on any atom is -0.444 e. The third-order valence-electron chi connectivity index (χ3n) is 9.81. The van der Waals surface area contributed by atoms with Gasteiger partial charge < -0.3 is 9.64 Å². The number of aromatic nitrogens is 2. The summed E-state index contributed by atoms with van der Waals surface area (Å²) in [6.45, 7) is 9.29. The fourth-order valence-corrected chi connectivity index (χ4v) is 7.96. The molecule has 4 heterocycles. The molecule has 4 aliphatic rings. The van der Waals surface area contributed by atoms with Crippen molar-refractivity contribution in [3.63, 3.8) is 0 Å². The number of likely N-dealkylation sites (tertiary alicyclic amines) is 2. The third kappa shape index (κ3) is 4.47. The number of nitrogens with zero attached hydrogens (tertiary/aromatic N) is 4. The topological polar surface area (TPSA) is 67.7 Å². The zero-order valence-corrected chi connectivity index (χ0v) is 25.0. The van der Waals surface area contributed by atoms with Crippen LogP contribution in [0.25, 0.3) is 16.6 Å². The molecule has 1 saturated carbocycles. The Morgan fingerprint density at radius 2 is 1.78 bits per heavy atom. The van der Waals surface area contributed by atoms with E-state index in [1.54, 1.807) is 6.07 Å². The molecule has 1 spiro atoms. The molecule has 3 aromatic rings. The van der Waals surface area contributed by atoms with Crippen LogP contribution in [-0.2, 0) is 10.2 Å². The minimum absolute atomic E-state index is 0.199. The standard InChI is InChI=1S/C33H39ClN4O3/c1-32(2,3)41-31(40)37-19-23(20-37)36-16-12-21(13-17-36)22-10-11-24-27(18-22)38-26-9-7-8-25(34)28(26)29(39)35-30(38)33(24)14-5-4-6-15-33/h7-11,18,21,23H,4-6,12-17,19-20H2,1-3H3. The molecule has 216 valence electrons. The second kappa shape index (κ2) is 9.84. The summed E-state index contributed by atoms with van der Waals surface area (Å²) in [5.41, 5.74) is 3.84. The Morgan fingerprint density at radius 3 is 2.49 bits per heavy atom. The summed E-state index contributed by atoms with van der Waals surface area (Å²) >= 11 is 6.55. The molecule has 7 nitrogen and oxygen atoms in total. The van der Waals surface area contributed by atoms with Crippen LogP contribution in [0.3, 0.4) is 0 Å². The lowest BCUT2D eigenvalue weighted by atomic mass is 9.69. The van der Waals surface area contributed by atoms with Crippen LogP contribution in [0.2, 0.25) is 5.02 Å². The van der Waals surface area contributed by atoms with E-state index in [1.165, 1.54) is 23.2 Å². The third-order valence-corrected chi connectivity index (χ3v) is 10.1. The van der Waals surface area contributed by atoms with Gasteiger partial charge in [0.25, 0.3) is 5.56 Å². The van der Waals surface area contributed by atoms with Gasteiger partial charge in [-0.25, -0.2) is 4.79 Å². The molecule has 0 radical (unpaired) electrons. The molecule has 8 heteroatoms. The number of hydrogen-bond acceptors (Lipinski definition) is 5. The van der Waals surface area contributed by atoms with E-state index in [4.69, 9.17) is 21.3 Å². The van der Waals surface area contributed by atoms with E-state index < -0.39 is 5.60 Å². The molecule has 2 saturated heterocycles. The van der Waals surface area contributed by atoms with Crippen molar-refractivity contribution in [1.82, 2.24) is 19.4 Å². The molecule has 0 atom stereocenters. The Kier molecular flexibility index (Phi) is 6.47. The summed E-state index contributed by atoms with van der Waals surface area (Å²) < 4.78 is 7.78. The van der Waals surface area contributed by atoms with Gasteiger partial charge in [-0.1, -0.05) is 49.1 Å². The molecule has 1 aromatic heterocycles. The van der Waals surface area contributed by atoms with E-state index in [0.717, 1.165) is 76.0 Å². The summed E-state index contributed by atoms with van der Waals surface area (Å²) in [5, 5.41) is 0.975. The minimum atomic E-state index is -0.461. The molecule has 3 aliphatic heterocycles. The van der Waals surface area contributed by atoms with Crippen LogP contribution in [0.4, 0.5) is 4.79 Å². The van der Waals surface area contributed by atoms with E-state index in [2.05, 4.69) is 27.7 Å². The monoisotopic (exact) mass is 574 g/mol. The van der Waals surface area contributed by atoms with Gasteiger partial charge in [-0.05, 0) is 94.8 Å². The summed E-state index contributed by atoms with van der Waals surface area (Å²) in [6, 6.07) is 13.2. The summed E-state index contributed by atoms with van der Waals surface area (Å²) in [5.74, 6) is 1.38. The van der Waals surface area contributed by atoms with Gasteiger partial charge in [-0.3, -0.25) is 14.3 Å². The first-order valence-electron chi connectivity index (χ1n) is 15.2. The number of piperidine rings is 1. The number of amides is 1. The number of halogens is 1. The molecule has 1 aliphatic carbocycles. The molecule has 2 aromatic carbocycles. The summed E-state index contributed by atoms with van der Waals surface area (Å²) in [4.78, 5) is 34.7. The quantitative estimate of drug-likeness (QED) is 0.354. The van der Waals surface area contributed by atoms with Crippen molar-refractivity contribution >= 4 is 28.6 Å². The maximum Gasteiger partial charge on any atom is 0.410 e. The first-order chi connectivity index (χ1) is 19.6. The molecule has 41 heavy (non-hydrogen) atoms. The number of ether oxygens (including phenoxy) is 1. The summed E-state index contributed by atoms with van der Waals surface area (Å²) in [7, 11) is 0. The number of fused-ring (bicyclic) bond motifs is 7. The molecule has 7 rings (SSSR count). The zero-order chi connectivity index (χ0) is 28.5. The second-order valence-electron chi connectivity index (χ2n) is 13.5. The highest BCUT2D eigenvalue weighted by Gasteiger charge is 2.47. The van der Waals surface area contributed by atoms with Crippen molar-refractivity contribution in [2.45, 2.75) is 88.7 Å². The van der Waals surface area contributed by atoms with Gasteiger partial charge in [-0.2, -0.15) is 4.98 Å². The highest BCUT2D eigenvalue weighted by Crippen LogP contribution is 2.52. The normalized spacial score (nSPS) is 21.1. The van der Waals surface area contributed by atoms with E-state index >= 15 is 0 Å². The SMILES string of the molecule is CC(C)(C)OC(=O)N1CC(N2CCC(c3ccc4c(c3)-n3c(nc(=O)c5c(Cl)cccc53)C43CCCCC3)CC2)C1. The zero-order valence-electron chi connectivity index (χ0n) is 24.3. The molecule has 0 unspecified atom stereocenters. The van der Waals surface area contributed by atoms with Crippen LogP contribution >= 0.6 is 11.6 Å². The molecular formula is C33H39ClN4O3. The predicted molar refractivity (Wildman–Crippen MR) is 161 cm³/mol. The average Bonchev–Trinajstić information content (AvgIpc) is 3.16. The Labute approximate surface area is 246 Å². The van der Waals surface area contributed by atoms with Crippen molar-refractivity contribution in [2.24, 2.45) is 0 Å². The smallest absolute Gasteiger partial charge is 0.410 e. The van der Waals surface area contributed by atoms with Crippen molar-refractivity contribution in [2.75, 3.05) is 26.2 Å². The highest BCUT2D eigenvalue weighted by molar-refractivity contribution is 6.35. The van der Waals surface area contributed by atoms with Gasteiger partial charge in [0.05, 0.1) is 27.0 Å². The molecule has 0 bridgehead atoms. The van der Waals surface area contributed by atoms with Crippen molar-refractivity contribution < 1.29 is 9.53 Å². The Balaban J connectivity index is 1.14. The van der Waals surface area contributed by atoms with Crippen LogP contribution < -0.4 is 5.56 Å². The Morgan fingerprint density at radius 1 is 1.05 bits per heavy atom. The number of hydrogen-bond donors (Lipinski definition) is 0. The lowest BCUT2D eigenvalue weighted by Crippen LogP contribution is -2.62. The molecule has 1 amide bonds. The van der Waals surface area contributed by atoms with Gasteiger partial charge >= 0.3 is 6.09 Å². The van der Waals surface area contributed by atoms with Crippen LogP contribution in [0.5, 0.6) is 0 Å². The number of carbonyl (C=O) groups excluding carboxylic acids is 1. The van der Waals surface area contributed by atoms with Crippen LogP contribution in [0.1, 0.15) is 88.6 Å². The van der Waals surface area contributed by atoms with E-state index in [-0.39, 0.29) is 17.1 Å². The van der Waals surface area contributed by atoms with Gasteiger partial charge in [0.2, 0.25) is 0 Å². The fourth-order valence-electron chi connectivity index (χ4n) is 7.71. The first-order valence-corrected chi connectivity index (χ1v) is 15.6. The first kappa shape index (κ1) is 27.0. The average molecular weight is 575 g/mol. The lowest BCUT2D eigenvalue weighted by Gasteiger charge is -2.47. The Hall–Kier alpha value is -2.90. The maximum atomic E-state index is 13.2. The fraction of sp³-hybridized carbons (Fsp3) is 0.545. The van der Waals surface area contributed by atoms with Gasteiger partial charge in [0.1, 0.15) is 11.4 Å². The van der Waals surface area contributed by atoms with E-state index in [0.29, 0.717) is 22.4 Å². The van der Waals surface area contributed by atoms with Crippen molar-refractivity contribution in [3.8, 4) is 5.69 Å². The number of carbonyl (C=O) groups is 1. The van der Waals surface area contributed by atoms with E-state index in [1.807, 2.05) is 37.8 Å². The number of benzene rings is 2. The molecule has 0 N–H and O–H groups in total. The van der Waals surface area contributed by atoms with Gasteiger partial charge in [-0.15, -0.1) is 0 Å². The summed E-state index contributed by atoms with van der Waals surface area (Å²) in [6.07, 6.45) is 7.56. The lowest BCUT2D eigenvalue weighted by molar-refractivity contribution is -0.0196. The van der Waals surface area contributed by atoms with Crippen molar-refractivity contribution in [3.05, 3.63) is 68.7 Å². The maximum absolute atomic E-state index is 13.2. The van der Waals surface area contributed by atoms with Crippen molar-refractivity contribution in [1.29, 1.82) is 0 Å². The van der Waals surface area contributed by atoms with Gasteiger partial charge in [0, 0.05) is 19.1 Å². The molecular weight excluding hydrogens is 536 g/mol. The highest BCUT2D eigenvalue weighted by atomic mass is 35.5. The number of rotatable bonds is 2. The Bertz CT molecular complexity index is 1570. The van der Waals surface area contributed by atoms with Crippen LogP contribution in [0, 0.1) is 0 Å². The largest absolute Gasteiger partial charge is 0.444 e. The predicted octanol–water partition coefficient (Wildman–Crippen LogP) is 6.40. The van der Waals surface area contributed by atoms with E-state index in [9.17, 15) is 9.59 Å². The molecule has 3 fully saturated rings.